The van der Waals surface area contributed by atoms with E-state index in [9.17, 15) is 9.59 Å². The summed E-state index contributed by atoms with van der Waals surface area (Å²) in [6.07, 6.45) is 3.04. The monoisotopic (exact) mass is 367 g/mol. The van der Waals surface area contributed by atoms with Crippen LogP contribution in [0.5, 0.6) is 0 Å². The number of fused-ring (bicyclic) bond motifs is 1. The van der Waals surface area contributed by atoms with Crippen LogP contribution in [0.1, 0.15) is 28.1 Å². The summed E-state index contributed by atoms with van der Waals surface area (Å²) in [5, 5.41) is 0. The lowest BCUT2D eigenvalue weighted by Crippen LogP contribution is -2.51. The van der Waals surface area contributed by atoms with E-state index in [4.69, 9.17) is 4.42 Å². The third kappa shape index (κ3) is 3.62. The van der Waals surface area contributed by atoms with Gasteiger partial charge in [-0.25, -0.2) is 0 Å². The van der Waals surface area contributed by atoms with Gasteiger partial charge in [-0.15, -0.1) is 0 Å². The molecule has 2 aliphatic rings. The Labute approximate surface area is 159 Å². The van der Waals surface area contributed by atoms with E-state index in [0.29, 0.717) is 31.9 Å². The van der Waals surface area contributed by atoms with Crippen LogP contribution in [0.3, 0.4) is 0 Å². The zero-order valence-electron chi connectivity index (χ0n) is 15.6. The third-order valence-corrected chi connectivity index (χ3v) is 5.60. The fourth-order valence-corrected chi connectivity index (χ4v) is 4.04. The molecule has 27 heavy (non-hydrogen) atoms. The lowest BCUT2D eigenvalue weighted by Gasteiger charge is -2.36. The Hall–Kier alpha value is -2.60. The SMILES string of the molecule is CN1Cc2ccccc2C[C@H]1C(=O)N1CCCN(C(=O)c2ccco2)CC1. The molecule has 2 aliphatic heterocycles. The molecule has 0 spiro atoms. The van der Waals surface area contributed by atoms with Crippen LogP contribution in [-0.4, -0.2) is 65.8 Å². The average molecular weight is 367 g/mol. The topological polar surface area (TPSA) is 57.0 Å². The molecule has 0 bridgehead atoms. The Kier molecular flexibility index (Phi) is 4.99. The molecule has 0 N–H and O–H groups in total. The van der Waals surface area contributed by atoms with E-state index in [1.54, 1.807) is 17.0 Å². The van der Waals surface area contributed by atoms with Crippen molar-refractivity contribution in [3.8, 4) is 0 Å². The van der Waals surface area contributed by atoms with E-state index in [-0.39, 0.29) is 17.9 Å². The van der Waals surface area contributed by atoms with Crippen molar-refractivity contribution >= 4 is 11.8 Å². The van der Waals surface area contributed by atoms with Crippen molar-refractivity contribution < 1.29 is 14.0 Å². The minimum atomic E-state index is -0.132. The molecule has 0 aliphatic carbocycles. The fourth-order valence-electron chi connectivity index (χ4n) is 4.04. The minimum absolute atomic E-state index is 0.0991. The number of rotatable bonds is 2. The smallest absolute Gasteiger partial charge is 0.289 e. The molecule has 4 rings (SSSR count). The molecule has 1 aromatic heterocycles. The first-order valence-corrected chi connectivity index (χ1v) is 9.52. The van der Waals surface area contributed by atoms with Gasteiger partial charge in [-0.2, -0.15) is 0 Å². The summed E-state index contributed by atoms with van der Waals surface area (Å²) >= 11 is 0. The van der Waals surface area contributed by atoms with Crippen LogP contribution in [0.15, 0.2) is 47.1 Å². The molecule has 1 aromatic carbocycles. The van der Waals surface area contributed by atoms with Crippen molar-refractivity contribution in [1.29, 1.82) is 0 Å². The van der Waals surface area contributed by atoms with Crippen molar-refractivity contribution in [3.63, 3.8) is 0 Å². The van der Waals surface area contributed by atoms with Crippen LogP contribution in [-0.2, 0) is 17.8 Å². The number of benzene rings is 1. The van der Waals surface area contributed by atoms with Gasteiger partial charge in [0.05, 0.1) is 12.3 Å². The summed E-state index contributed by atoms with van der Waals surface area (Å²) < 4.78 is 5.23. The molecule has 1 fully saturated rings. The Balaban J connectivity index is 1.42. The van der Waals surface area contributed by atoms with Crippen molar-refractivity contribution in [1.82, 2.24) is 14.7 Å². The summed E-state index contributed by atoms with van der Waals surface area (Å²) in [5.41, 5.74) is 2.56. The fraction of sp³-hybridized carbons (Fsp3) is 0.429. The normalized spacial score (nSPS) is 20.9. The molecule has 1 atom stereocenters. The number of amides is 2. The van der Waals surface area contributed by atoms with Crippen molar-refractivity contribution in [2.24, 2.45) is 0 Å². The van der Waals surface area contributed by atoms with E-state index in [1.165, 1.54) is 17.4 Å². The summed E-state index contributed by atoms with van der Waals surface area (Å²) in [5.74, 6) is 0.427. The number of carbonyl (C=O) groups is 2. The van der Waals surface area contributed by atoms with Gasteiger partial charge in [0.1, 0.15) is 0 Å². The molecule has 0 saturated carbocycles. The highest BCUT2D eigenvalue weighted by Crippen LogP contribution is 2.23. The number of likely N-dealkylation sites (N-methyl/N-ethyl adjacent to an activating group) is 1. The number of nitrogens with zero attached hydrogens (tertiary/aromatic N) is 3. The van der Waals surface area contributed by atoms with Gasteiger partial charge in [-0.05, 0) is 43.1 Å². The maximum absolute atomic E-state index is 13.2. The van der Waals surface area contributed by atoms with Crippen LogP contribution >= 0.6 is 0 Å². The van der Waals surface area contributed by atoms with Crippen LogP contribution in [0, 0.1) is 0 Å². The second-order valence-corrected chi connectivity index (χ2v) is 7.35. The van der Waals surface area contributed by atoms with Crippen LogP contribution in [0.2, 0.25) is 0 Å². The van der Waals surface area contributed by atoms with Gasteiger partial charge >= 0.3 is 0 Å². The highest BCUT2D eigenvalue weighted by molar-refractivity contribution is 5.91. The predicted molar refractivity (Wildman–Crippen MR) is 101 cm³/mol. The van der Waals surface area contributed by atoms with Gasteiger partial charge in [0.15, 0.2) is 5.76 Å². The standard InChI is InChI=1S/C21H25N3O3/c1-22-15-17-7-3-2-6-16(17)14-18(22)20(25)23-9-5-10-24(12-11-23)21(26)19-8-4-13-27-19/h2-4,6-8,13,18H,5,9-12,14-15H2,1H3/t18-/m0/s1. The van der Waals surface area contributed by atoms with Crippen LogP contribution < -0.4 is 0 Å². The Morgan fingerprint density at radius 2 is 1.70 bits per heavy atom. The molecular formula is C21H25N3O3. The van der Waals surface area contributed by atoms with Gasteiger partial charge in [-0.3, -0.25) is 14.5 Å². The molecule has 0 unspecified atom stereocenters. The summed E-state index contributed by atoms with van der Waals surface area (Å²) in [4.78, 5) is 31.5. The predicted octanol–water partition coefficient (Wildman–Crippen LogP) is 2.01. The molecule has 142 valence electrons. The van der Waals surface area contributed by atoms with Gasteiger partial charge in [0.2, 0.25) is 5.91 Å². The average Bonchev–Trinajstić information content (AvgIpc) is 3.11. The molecule has 2 amide bonds. The van der Waals surface area contributed by atoms with E-state index in [1.807, 2.05) is 24.1 Å². The summed E-state index contributed by atoms with van der Waals surface area (Å²) in [7, 11) is 2.02. The number of hydrogen-bond acceptors (Lipinski definition) is 4. The Morgan fingerprint density at radius 3 is 2.48 bits per heavy atom. The van der Waals surface area contributed by atoms with Gasteiger partial charge in [0, 0.05) is 32.7 Å². The number of hydrogen-bond donors (Lipinski definition) is 0. The van der Waals surface area contributed by atoms with E-state index in [2.05, 4.69) is 17.0 Å². The minimum Gasteiger partial charge on any atom is -0.459 e. The second kappa shape index (κ2) is 7.56. The van der Waals surface area contributed by atoms with Crippen molar-refractivity contribution in [3.05, 3.63) is 59.5 Å². The molecule has 0 radical (unpaired) electrons. The Bertz CT molecular complexity index is 818. The van der Waals surface area contributed by atoms with E-state index in [0.717, 1.165) is 19.4 Å². The third-order valence-electron chi connectivity index (χ3n) is 5.60. The Morgan fingerprint density at radius 1 is 0.963 bits per heavy atom. The molecule has 3 heterocycles. The van der Waals surface area contributed by atoms with Gasteiger partial charge in [-0.1, -0.05) is 24.3 Å². The lowest BCUT2D eigenvalue weighted by molar-refractivity contribution is -0.137. The zero-order chi connectivity index (χ0) is 18.8. The summed E-state index contributed by atoms with van der Waals surface area (Å²) in [6.45, 7) is 3.23. The maximum atomic E-state index is 13.2. The van der Waals surface area contributed by atoms with Crippen molar-refractivity contribution in [2.45, 2.75) is 25.4 Å². The molecule has 1 saturated heterocycles. The van der Waals surface area contributed by atoms with Gasteiger partial charge in [0.25, 0.3) is 5.91 Å². The maximum Gasteiger partial charge on any atom is 0.289 e. The largest absolute Gasteiger partial charge is 0.459 e. The number of carbonyl (C=O) groups excluding carboxylic acids is 2. The quantitative estimate of drug-likeness (QED) is 0.815. The van der Waals surface area contributed by atoms with Crippen LogP contribution in [0.25, 0.3) is 0 Å². The first kappa shape index (κ1) is 17.8. The first-order valence-electron chi connectivity index (χ1n) is 9.52. The lowest BCUT2D eigenvalue weighted by atomic mass is 9.93. The van der Waals surface area contributed by atoms with E-state index < -0.39 is 0 Å². The van der Waals surface area contributed by atoms with Crippen LogP contribution in [0.4, 0.5) is 0 Å². The highest BCUT2D eigenvalue weighted by Gasteiger charge is 2.33. The molecular weight excluding hydrogens is 342 g/mol. The second-order valence-electron chi connectivity index (χ2n) is 7.35. The van der Waals surface area contributed by atoms with Crippen molar-refractivity contribution in [2.75, 3.05) is 33.2 Å². The molecule has 2 aromatic rings. The number of furan rings is 1. The van der Waals surface area contributed by atoms with E-state index >= 15 is 0 Å². The molecule has 6 heteroatoms. The molecule has 6 nitrogen and oxygen atoms in total. The first-order chi connectivity index (χ1) is 13.1. The zero-order valence-corrected chi connectivity index (χ0v) is 15.6. The van der Waals surface area contributed by atoms with Gasteiger partial charge < -0.3 is 14.2 Å². The summed E-state index contributed by atoms with van der Waals surface area (Å²) in [6, 6.07) is 11.6. The highest BCUT2D eigenvalue weighted by atomic mass is 16.3.